The topological polar surface area (TPSA) is 82.3 Å². The largest absolute Gasteiger partial charge is 0.469 e. The summed E-state index contributed by atoms with van der Waals surface area (Å²) in [6.07, 6.45) is -0.377. The molecule has 0 aromatic carbocycles. The van der Waals surface area contributed by atoms with Crippen LogP contribution in [0.5, 0.6) is 0 Å². The van der Waals surface area contributed by atoms with E-state index in [1.165, 1.54) is 7.11 Å². The summed E-state index contributed by atoms with van der Waals surface area (Å²) in [4.78, 5) is 21.8. The summed E-state index contributed by atoms with van der Waals surface area (Å²) in [5.41, 5.74) is 0. The van der Waals surface area contributed by atoms with E-state index in [0.29, 0.717) is 0 Å². The number of aryl methyl sites for hydroxylation is 1. The Hall–Kier alpha value is -1.72. The van der Waals surface area contributed by atoms with E-state index < -0.39 is 11.8 Å². The van der Waals surface area contributed by atoms with Crippen molar-refractivity contribution in [3.63, 3.8) is 0 Å². The Labute approximate surface area is 73.9 Å². The third-order valence-corrected chi connectivity index (χ3v) is 1.30. The fourth-order valence-electron chi connectivity index (χ4n) is 0.688. The number of nitrogens with zero attached hydrogens (tertiary/aromatic N) is 2. The quantitative estimate of drug-likeness (QED) is 0.377. The van der Waals surface area contributed by atoms with Crippen LogP contribution in [-0.2, 0) is 9.53 Å². The number of esters is 1. The van der Waals surface area contributed by atoms with Crippen LogP contribution in [0.4, 0.5) is 0 Å². The number of hydrogen-bond donors (Lipinski definition) is 0. The number of hydrogen-bond acceptors (Lipinski definition) is 6. The van der Waals surface area contributed by atoms with E-state index in [0.717, 1.165) is 0 Å². The summed E-state index contributed by atoms with van der Waals surface area (Å²) < 4.78 is 9.11. The van der Waals surface area contributed by atoms with Crippen molar-refractivity contribution in [2.75, 3.05) is 7.11 Å². The van der Waals surface area contributed by atoms with Crippen molar-refractivity contribution in [2.45, 2.75) is 13.3 Å². The lowest BCUT2D eigenvalue weighted by Crippen LogP contribution is -2.09. The highest BCUT2D eigenvalue weighted by Crippen LogP contribution is 2.02. The highest BCUT2D eigenvalue weighted by atomic mass is 16.5. The van der Waals surface area contributed by atoms with Crippen molar-refractivity contribution in [1.29, 1.82) is 0 Å². The first-order valence-corrected chi connectivity index (χ1v) is 3.53. The summed E-state index contributed by atoms with van der Waals surface area (Å²) >= 11 is 0. The first-order chi connectivity index (χ1) is 6.13. The molecule has 0 bridgehead atoms. The average molecular weight is 184 g/mol. The highest BCUT2D eigenvalue weighted by Gasteiger charge is 2.17. The molecule has 0 amide bonds. The molecule has 70 valence electrons. The van der Waals surface area contributed by atoms with Gasteiger partial charge in [-0.25, -0.2) is 0 Å². The number of ether oxygens (including phenoxy) is 1. The molecule has 0 unspecified atom stereocenters. The Balaban J connectivity index is 2.64. The molecule has 1 rings (SSSR count). The first kappa shape index (κ1) is 9.37. The number of rotatable bonds is 3. The van der Waals surface area contributed by atoms with Gasteiger partial charge in [0, 0.05) is 6.92 Å². The molecule has 13 heavy (non-hydrogen) atoms. The molecule has 6 nitrogen and oxygen atoms in total. The monoisotopic (exact) mass is 184 g/mol. The third-order valence-electron chi connectivity index (χ3n) is 1.30. The van der Waals surface area contributed by atoms with Gasteiger partial charge in [-0.3, -0.25) is 9.59 Å². The maximum atomic E-state index is 11.1. The Bertz CT molecular complexity index is 331. The molecule has 1 heterocycles. The number of Topliss-reactive ketones (excluding diaryl/α,β-unsaturated/α-hetero) is 1. The molecule has 0 atom stereocenters. The maximum Gasteiger partial charge on any atom is 0.313 e. The molecule has 6 heteroatoms. The standard InChI is InChI=1S/C7H8N2O4/c1-4-8-9-7(13-4)5(10)3-6(11)12-2/h3H2,1-2H3. The summed E-state index contributed by atoms with van der Waals surface area (Å²) in [6.45, 7) is 1.56. The van der Waals surface area contributed by atoms with E-state index in [9.17, 15) is 9.59 Å². The minimum Gasteiger partial charge on any atom is -0.469 e. The molecular formula is C7H8N2O4. The van der Waals surface area contributed by atoms with Crippen LogP contribution in [0.2, 0.25) is 0 Å². The second-order valence-electron chi connectivity index (χ2n) is 2.30. The van der Waals surface area contributed by atoms with Gasteiger partial charge in [-0.05, 0) is 0 Å². The molecule has 0 radical (unpaired) electrons. The molecule has 0 aliphatic carbocycles. The molecule has 0 aliphatic rings. The molecular weight excluding hydrogens is 176 g/mol. The van der Waals surface area contributed by atoms with Crippen molar-refractivity contribution in [2.24, 2.45) is 0 Å². The van der Waals surface area contributed by atoms with E-state index in [2.05, 4.69) is 14.9 Å². The van der Waals surface area contributed by atoms with E-state index in [1.54, 1.807) is 6.92 Å². The summed E-state index contributed by atoms with van der Waals surface area (Å²) in [5, 5.41) is 6.91. The van der Waals surface area contributed by atoms with Crippen LogP contribution in [0.3, 0.4) is 0 Å². The molecule has 0 saturated heterocycles. The van der Waals surface area contributed by atoms with Crippen molar-refractivity contribution in [3.05, 3.63) is 11.8 Å². The van der Waals surface area contributed by atoms with Crippen LogP contribution in [0.25, 0.3) is 0 Å². The Morgan fingerprint density at radius 3 is 2.62 bits per heavy atom. The third kappa shape index (κ3) is 2.36. The van der Waals surface area contributed by atoms with Crippen LogP contribution in [-0.4, -0.2) is 29.1 Å². The van der Waals surface area contributed by atoms with E-state index in [4.69, 9.17) is 4.42 Å². The second-order valence-corrected chi connectivity index (χ2v) is 2.30. The minimum atomic E-state index is -0.624. The lowest BCUT2D eigenvalue weighted by molar-refractivity contribution is -0.139. The zero-order chi connectivity index (χ0) is 9.84. The highest BCUT2D eigenvalue weighted by molar-refractivity contribution is 6.03. The van der Waals surface area contributed by atoms with Crippen LogP contribution in [0.1, 0.15) is 23.0 Å². The Kier molecular flexibility index (Phi) is 2.73. The Morgan fingerprint density at radius 1 is 1.46 bits per heavy atom. The normalized spacial score (nSPS) is 9.69. The number of aromatic nitrogens is 2. The predicted molar refractivity (Wildman–Crippen MR) is 40.0 cm³/mol. The molecule has 0 N–H and O–H groups in total. The van der Waals surface area contributed by atoms with E-state index in [-0.39, 0.29) is 18.2 Å². The molecule has 1 aromatic rings. The zero-order valence-electron chi connectivity index (χ0n) is 7.23. The minimum absolute atomic E-state index is 0.164. The van der Waals surface area contributed by atoms with E-state index in [1.807, 2.05) is 0 Å². The molecule has 0 fully saturated rings. The van der Waals surface area contributed by atoms with Gasteiger partial charge in [-0.15, -0.1) is 10.2 Å². The number of carbonyl (C=O) groups is 2. The van der Waals surface area contributed by atoms with Crippen LogP contribution >= 0.6 is 0 Å². The van der Waals surface area contributed by atoms with Crippen molar-refractivity contribution in [1.82, 2.24) is 10.2 Å². The van der Waals surface area contributed by atoms with Crippen LogP contribution in [0, 0.1) is 6.92 Å². The van der Waals surface area contributed by atoms with Crippen molar-refractivity contribution in [3.8, 4) is 0 Å². The van der Waals surface area contributed by atoms with Gasteiger partial charge in [-0.1, -0.05) is 0 Å². The lowest BCUT2D eigenvalue weighted by Gasteiger charge is -1.93. The molecule has 0 spiro atoms. The number of ketones is 1. The summed E-state index contributed by atoms with van der Waals surface area (Å²) in [6, 6.07) is 0. The van der Waals surface area contributed by atoms with Gasteiger partial charge in [0.2, 0.25) is 11.7 Å². The van der Waals surface area contributed by atoms with Gasteiger partial charge in [-0.2, -0.15) is 0 Å². The van der Waals surface area contributed by atoms with Crippen molar-refractivity contribution < 1.29 is 18.7 Å². The lowest BCUT2D eigenvalue weighted by atomic mass is 10.3. The summed E-state index contributed by atoms with van der Waals surface area (Å²) in [7, 11) is 1.20. The maximum absolute atomic E-state index is 11.1. The van der Waals surface area contributed by atoms with Gasteiger partial charge in [0.15, 0.2) is 0 Å². The van der Waals surface area contributed by atoms with Gasteiger partial charge < -0.3 is 9.15 Å². The van der Waals surface area contributed by atoms with E-state index >= 15 is 0 Å². The van der Waals surface area contributed by atoms with Gasteiger partial charge in [0.05, 0.1) is 7.11 Å². The number of methoxy groups -OCH3 is 1. The smallest absolute Gasteiger partial charge is 0.313 e. The summed E-state index contributed by atoms with van der Waals surface area (Å²) in [5.74, 6) is -1.04. The second kappa shape index (κ2) is 3.79. The van der Waals surface area contributed by atoms with Gasteiger partial charge >= 0.3 is 5.97 Å². The fourth-order valence-corrected chi connectivity index (χ4v) is 0.688. The average Bonchev–Trinajstić information content (AvgIpc) is 2.51. The molecule has 1 aromatic heterocycles. The van der Waals surface area contributed by atoms with Gasteiger partial charge in [0.1, 0.15) is 6.42 Å². The van der Waals surface area contributed by atoms with Crippen molar-refractivity contribution >= 4 is 11.8 Å². The van der Waals surface area contributed by atoms with Crippen LogP contribution in [0.15, 0.2) is 4.42 Å². The number of carbonyl (C=O) groups excluding carboxylic acids is 2. The molecule has 0 saturated carbocycles. The Morgan fingerprint density at radius 2 is 2.15 bits per heavy atom. The zero-order valence-corrected chi connectivity index (χ0v) is 7.23. The SMILES string of the molecule is COC(=O)CC(=O)c1nnc(C)o1. The molecule has 0 aliphatic heterocycles. The van der Waals surface area contributed by atoms with Crippen LogP contribution < -0.4 is 0 Å². The van der Waals surface area contributed by atoms with Gasteiger partial charge in [0.25, 0.3) is 5.89 Å². The predicted octanol–water partition coefficient (Wildman–Crippen LogP) is 0.124. The fraction of sp³-hybridized carbons (Fsp3) is 0.429. The first-order valence-electron chi connectivity index (χ1n) is 3.53.